The van der Waals surface area contributed by atoms with Crippen molar-refractivity contribution < 1.29 is 24.2 Å². The fourth-order valence-corrected chi connectivity index (χ4v) is 4.67. The molecule has 1 aliphatic rings. The lowest BCUT2D eigenvalue weighted by Crippen LogP contribution is -2.28. The molecule has 1 atom stereocenters. The van der Waals surface area contributed by atoms with E-state index in [0.717, 1.165) is 12.8 Å². The van der Waals surface area contributed by atoms with Crippen molar-refractivity contribution in [3.8, 4) is 11.1 Å². The smallest absolute Gasteiger partial charge is 0.407 e. The Labute approximate surface area is 204 Å². The number of carboxylic acid groups (broad SMARTS) is 1. The summed E-state index contributed by atoms with van der Waals surface area (Å²) in [4.78, 5) is 34.6. The van der Waals surface area contributed by atoms with Gasteiger partial charge in [-0.05, 0) is 41.0 Å². The number of carbonyl (C=O) groups is 3. The number of rotatable bonds is 13. The van der Waals surface area contributed by atoms with Crippen LogP contribution in [0.15, 0.2) is 48.5 Å². The SMILES string of the molecule is CC(CCNC(=O)OCC1c2ccccc2-c2ccccc21)CCC(=O)NCCSCC(=O)O. The van der Waals surface area contributed by atoms with Gasteiger partial charge in [0.15, 0.2) is 0 Å². The minimum Gasteiger partial charge on any atom is -0.481 e. The number of benzene rings is 2. The Bertz CT molecular complexity index is 951. The molecule has 3 rings (SSSR count). The van der Waals surface area contributed by atoms with Gasteiger partial charge < -0.3 is 20.5 Å². The minimum absolute atomic E-state index is 0.0349. The summed E-state index contributed by atoms with van der Waals surface area (Å²) in [5.74, 6) is 0.0598. The fourth-order valence-electron chi connectivity index (χ4n) is 4.10. The van der Waals surface area contributed by atoms with Crippen molar-refractivity contribution in [1.29, 1.82) is 0 Å². The van der Waals surface area contributed by atoms with Gasteiger partial charge in [-0.3, -0.25) is 9.59 Å². The highest BCUT2D eigenvalue weighted by molar-refractivity contribution is 7.99. The Hall–Kier alpha value is -3.00. The Balaban J connectivity index is 1.31. The molecule has 7 nitrogen and oxygen atoms in total. The van der Waals surface area contributed by atoms with Gasteiger partial charge in [0.2, 0.25) is 5.91 Å². The molecule has 0 heterocycles. The summed E-state index contributed by atoms with van der Waals surface area (Å²) in [6, 6.07) is 16.5. The second-order valence-electron chi connectivity index (χ2n) is 8.48. The third-order valence-electron chi connectivity index (χ3n) is 5.91. The van der Waals surface area contributed by atoms with E-state index in [2.05, 4.69) is 41.8 Å². The maximum atomic E-state index is 12.2. The molecule has 0 saturated carbocycles. The summed E-state index contributed by atoms with van der Waals surface area (Å²) >= 11 is 1.28. The van der Waals surface area contributed by atoms with Crippen LogP contribution < -0.4 is 10.6 Å². The first kappa shape index (κ1) is 25.6. The quantitative estimate of drug-likeness (QED) is 0.367. The number of nitrogens with one attached hydrogen (secondary N) is 2. The van der Waals surface area contributed by atoms with Gasteiger partial charge in [-0.15, -0.1) is 11.8 Å². The van der Waals surface area contributed by atoms with Crippen molar-refractivity contribution in [2.24, 2.45) is 5.92 Å². The third-order valence-corrected chi connectivity index (χ3v) is 6.85. The molecule has 0 fully saturated rings. The van der Waals surface area contributed by atoms with Gasteiger partial charge in [-0.2, -0.15) is 0 Å². The zero-order valence-electron chi connectivity index (χ0n) is 19.4. The number of aliphatic carboxylic acids is 1. The van der Waals surface area contributed by atoms with E-state index < -0.39 is 12.1 Å². The number of thioether (sulfide) groups is 1. The maximum Gasteiger partial charge on any atom is 0.407 e. The van der Waals surface area contributed by atoms with Crippen LogP contribution in [0.4, 0.5) is 4.79 Å². The molecule has 8 heteroatoms. The van der Waals surface area contributed by atoms with Crippen LogP contribution in [0.3, 0.4) is 0 Å². The van der Waals surface area contributed by atoms with E-state index in [9.17, 15) is 14.4 Å². The minimum atomic E-state index is -0.850. The van der Waals surface area contributed by atoms with E-state index >= 15 is 0 Å². The molecule has 0 aromatic heterocycles. The zero-order chi connectivity index (χ0) is 24.3. The second kappa shape index (κ2) is 13.0. The van der Waals surface area contributed by atoms with E-state index in [1.54, 1.807) is 0 Å². The predicted octanol–water partition coefficient (Wildman–Crippen LogP) is 4.27. The molecule has 2 amide bonds. The van der Waals surface area contributed by atoms with Gasteiger partial charge >= 0.3 is 12.1 Å². The van der Waals surface area contributed by atoms with Crippen molar-refractivity contribution >= 4 is 29.7 Å². The number of carbonyl (C=O) groups excluding carboxylic acids is 2. The van der Waals surface area contributed by atoms with Crippen LogP contribution in [0.5, 0.6) is 0 Å². The first-order valence-electron chi connectivity index (χ1n) is 11.6. The van der Waals surface area contributed by atoms with Crippen LogP contribution in [0.2, 0.25) is 0 Å². The number of amides is 2. The number of ether oxygens (including phenoxy) is 1. The van der Waals surface area contributed by atoms with Crippen molar-refractivity contribution in [3.63, 3.8) is 0 Å². The molecule has 2 aromatic rings. The second-order valence-corrected chi connectivity index (χ2v) is 9.59. The van der Waals surface area contributed by atoms with Gasteiger partial charge in [-0.25, -0.2) is 4.79 Å². The van der Waals surface area contributed by atoms with Crippen LogP contribution >= 0.6 is 11.8 Å². The predicted molar refractivity (Wildman–Crippen MR) is 134 cm³/mol. The summed E-state index contributed by atoms with van der Waals surface area (Å²) in [6.07, 6.45) is 1.47. The summed E-state index contributed by atoms with van der Waals surface area (Å²) in [5, 5.41) is 14.2. The Morgan fingerprint density at radius 2 is 1.62 bits per heavy atom. The summed E-state index contributed by atoms with van der Waals surface area (Å²) < 4.78 is 5.55. The number of hydrogen-bond acceptors (Lipinski definition) is 5. The number of hydrogen-bond donors (Lipinski definition) is 3. The first-order valence-corrected chi connectivity index (χ1v) is 12.8. The number of carboxylic acids is 1. The third kappa shape index (κ3) is 7.52. The standard InChI is InChI=1S/C26H32N2O5S/c1-18(10-11-24(29)27-14-15-34-17-25(30)31)12-13-28-26(32)33-16-23-21-8-4-2-6-19(21)20-7-3-5-9-22(20)23/h2-9,18,23H,10-17H2,1H3,(H,27,29)(H,28,32)(H,30,31). The Morgan fingerprint density at radius 3 is 2.26 bits per heavy atom. The molecule has 0 radical (unpaired) electrons. The first-order chi connectivity index (χ1) is 16.5. The maximum absolute atomic E-state index is 12.2. The average molecular weight is 485 g/mol. The van der Waals surface area contributed by atoms with Crippen molar-refractivity contribution in [3.05, 3.63) is 59.7 Å². The number of alkyl carbamates (subject to hydrolysis) is 1. The lowest BCUT2D eigenvalue weighted by Gasteiger charge is -2.15. The molecule has 0 spiro atoms. The molecule has 1 aliphatic carbocycles. The van der Waals surface area contributed by atoms with Crippen molar-refractivity contribution in [2.75, 3.05) is 31.2 Å². The molecule has 182 valence electrons. The Morgan fingerprint density at radius 1 is 0.971 bits per heavy atom. The molecule has 3 N–H and O–H groups in total. The van der Waals surface area contributed by atoms with Crippen LogP contribution in [0.25, 0.3) is 11.1 Å². The van der Waals surface area contributed by atoms with Crippen LogP contribution in [0.1, 0.15) is 43.2 Å². The van der Waals surface area contributed by atoms with Gasteiger partial charge in [0.25, 0.3) is 0 Å². The van der Waals surface area contributed by atoms with E-state index in [1.165, 1.54) is 34.0 Å². The van der Waals surface area contributed by atoms with Crippen LogP contribution in [0, 0.1) is 5.92 Å². The Kier molecular flexibility index (Phi) is 9.82. The van der Waals surface area contributed by atoms with E-state index in [-0.39, 0.29) is 23.5 Å². The lowest BCUT2D eigenvalue weighted by molar-refractivity contribution is -0.133. The molecule has 1 unspecified atom stereocenters. The molecule has 0 saturated heterocycles. The highest BCUT2D eigenvalue weighted by Crippen LogP contribution is 2.44. The number of fused-ring (bicyclic) bond motifs is 3. The lowest BCUT2D eigenvalue weighted by atomic mass is 9.98. The van der Waals surface area contributed by atoms with Gasteiger partial charge in [0, 0.05) is 31.2 Å². The average Bonchev–Trinajstić information content (AvgIpc) is 3.15. The summed E-state index contributed by atoms with van der Waals surface area (Å²) in [5.41, 5.74) is 4.76. The zero-order valence-corrected chi connectivity index (χ0v) is 20.2. The molecule has 34 heavy (non-hydrogen) atoms. The molecular weight excluding hydrogens is 452 g/mol. The molecule has 0 bridgehead atoms. The summed E-state index contributed by atoms with van der Waals surface area (Å²) in [7, 11) is 0. The molecule has 2 aromatic carbocycles. The topological polar surface area (TPSA) is 105 Å². The van der Waals surface area contributed by atoms with Gasteiger partial charge in [0.05, 0.1) is 5.75 Å². The summed E-state index contributed by atoms with van der Waals surface area (Å²) in [6.45, 7) is 3.30. The molecular formula is C26H32N2O5S. The van der Waals surface area contributed by atoms with Crippen molar-refractivity contribution in [1.82, 2.24) is 10.6 Å². The largest absolute Gasteiger partial charge is 0.481 e. The van der Waals surface area contributed by atoms with Gasteiger partial charge in [0.1, 0.15) is 6.61 Å². The normalized spacial score (nSPS) is 13.0. The van der Waals surface area contributed by atoms with E-state index in [1.807, 2.05) is 24.3 Å². The van der Waals surface area contributed by atoms with Crippen LogP contribution in [-0.2, 0) is 14.3 Å². The highest BCUT2D eigenvalue weighted by atomic mass is 32.2. The fraction of sp³-hybridized carbons (Fsp3) is 0.423. The molecule has 0 aliphatic heterocycles. The van der Waals surface area contributed by atoms with Crippen molar-refractivity contribution in [2.45, 2.75) is 32.1 Å². The van der Waals surface area contributed by atoms with E-state index in [0.29, 0.717) is 31.9 Å². The van der Waals surface area contributed by atoms with E-state index in [4.69, 9.17) is 9.84 Å². The highest BCUT2D eigenvalue weighted by Gasteiger charge is 2.28. The monoisotopic (exact) mass is 484 g/mol. The van der Waals surface area contributed by atoms with Crippen LogP contribution in [-0.4, -0.2) is 54.3 Å². The van der Waals surface area contributed by atoms with Gasteiger partial charge in [-0.1, -0.05) is 55.5 Å².